The summed E-state index contributed by atoms with van der Waals surface area (Å²) >= 11 is 0. The summed E-state index contributed by atoms with van der Waals surface area (Å²) in [5.74, 6) is -1.68. The second kappa shape index (κ2) is 12.9. The first-order chi connectivity index (χ1) is 19.8. The first-order valence-corrected chi connectivity index (χ1v) is 15.4. The third kappa shape index (κ3) is 8.07. The smallest absolute Gasteiger partial charge is 0.326 e. The molecule has 0 spiro atoms. The van der Waals surface area contributed by atoms with Gasteiger partial charge in [-0.3, -0.25) is 9.59 Å². The molecule has 0 bridgehead atoms. The zero-order valence-corrected chi connectivity index (χ0v) is 24.8. The number of hydrogen-bond donors (Lipinski definition) is 3. The molecule has 11 heteroatoms. The Labute approximate surface area is 246 Å². The molecule has 4 rings (SSSR count). The SMILES string of the molecule is CC(C)(C)Oc1ccc(C[C@H](NC(=O)C2CCN(C(=O)CNS(=O)(=O)c3cccc4ccccc34)CC2)C(=O)O)cc1. The molecule has 0 aliphatic carbocycles. The molecule has 42 heavy (non-hydrogen) atoms. The van der Waals surface area contributed by atoms with Crippen LogP contribution in [-0.2, 0) is 30.8 Å². The fraction of sp³-hybridized carbons (Fsp3) is 0.387. The van der Waals surface area contributed by atoms with Gasteiger partial charge in [0.1, 0.15) is 17.4 Å². The molecule has 3 aromatic rings. The lowest BCUT2D eigenvalue weighted by molar-refractivity contribution is -0.143. The molecule has 3 N–H and O–H groups in total. The van der Waals surface area contributed by atoms with Crippen LogP contribution in [0.25, 0.3) is 10.8 Å². The number of piperidine rings is 1. The van der Waals surface area contributed by atoms with E-state index in [1.54, 1.807) is 42.5 Å². The van der Waals surface area contributed by atoms with E-state index in [0.29, 0.717) is 24.0 Å². The number of benzene rings is 3. The van der Waals surface area contributed by atoms with E-state index in [-0.39, 0.29) is 41.8 Å². The maximum atomic E-state index is 12.9. The minimum Gasteiger partial charge on any atom is -0.488 e. The van der Waals surface area contributed by atoms with Gasteiger partial charge in [-0.25, -0.2) is 17.9 Å². The number of carboxylic acids is 1. The van der Waals surface area contributed by atoms with Crippen LogP contribution in [0.1, 0.15) is 39.2 Å². The van der Waals surface area contributed by atoms with Crippen LogP contribution in [-0.4, -0.2) is 67.5 Å². The van der Waals surface area contributed by atoms with Gasteiger partial charge in [0.25, 0.3) is 0 Å². The van der Waals surface area contributed by atoms with Crippen LogP contribution in [0.3, 0.4) is 0 Å². The van der Waals surface area contributed by atoms with Crippen LogP contribution in [0.5, 0.6) is 5.75 Å². The first-order valence-electron chi connectivity index (χ1n) is 13.9. The Bertz CT molecular complexity index is 1540. The highest BCUT2D eigenvalue weighted by Gasteiger charge is 2.31. The maximum Gasteiger partial charge on any atom is 0.326 e. The lowest BCUT2D eigenvalue weighted by Crippen LogP contribution is -2.49. The molecule has 0 aromatic heterocycles. The number of carbonyl (C=O) groups is 3. The fourth-order valence-electron chi connectivity index (χ4n) is 4.94. The van der Waals surface area contributed by atoms with Gasteiger partial charge in [0.15, 0.2) is 0 Å². The number of carbonyl (C=O) groups excluding carboxylic acids is 2. The molecular weight excluding hydrogens is 558 g/mol. The van der Waals surface area contributed by atoms with Gasteiger partial charge in [0, 0.05) is 30.8 Å². The van der Waals surface area contributed by atoms with Crippen LogP contribution < -0.4 is 14.8 Å². The summed E-state index contributed by atoms with van der Waals surface area (Å²) in [6.07, 6.45) is 0.808. The van der Waals surface area contributed by atoms with Crippen molar-refractivity contribution in [3.05, 3.63) is 72.3 Å². The second-order valence-corrected chi connectivity index (χ2v) is 13.2. The van der Waals surface area contributed by atoms with E-state index in [2.05, 4.69) is 10.0 Å². The number of amides is 2. The van der Waals surface area contributed by atoms with Crippen LogP contribution in [0.4, 0.5) is 0 Å². The zero-order chi connectivity index (χ0) is 30.5. The van der Waals surface area contributed by atoms with Crippen LogP contribution in [0.15, 0.2) is 71.6 Å². The Morgan fingerprint density at radius 1 is 0.976 bits per heavy atom. The van der Waals surface area contributed by atoms with Crippen molar-refractivity contribution in [1.29, 1.82) is 0 Å². The highest BCUT2D eigenvalue weighted by atomic mass is 32.2. The summed E-state index contributed by atoms with van der Waals surface area (Å²) in [5, 5.41) is 13.7. The molecule has 1 heterocycles. The van der Waals surface area contributed by atoms with Crippen LogP contribution in [0, 0.1) is 5.92 Å². The lowest BCUT2D eigenvalue weighted by Gasteiger charge is -2.32. The number of nitrogens with one attached hydrogen (secondary N) is 2. The average Bonchev–Trinajstić information content (AvgIpc) is 2.95. The minimum atomic E-state index is -3.93. The summed E-state index contributed by atoms with van der Waals surface area (Å²) in [4.78, 5) is 39.2. The van der Waals surface area contributed by atoms with E-state index < -0.39 is 34.5 Å². The molecule has 0 unspecified atom stereocenters. The normalized spacial score (nSPS) is 15.3. The minimum absolute atomic E-state index is 0.103. The van der Waals surface area contributed by atoms with Crippen molar-refractivity contribution in [2.75, 3.05) is 19.6 Å². The lowest BCUT2D eigenvalue weighted by atomic mass is 9.95. The van der Waals surface area contributed by atoms with Crippen LogP contribution >= 0.6 is 0 Å². The Morgan fingerprint density at radius 2 is 1.62 bits per heavy atom. The van der Waals surface area contributed by atoms with E-state index >= 15 is 0 Å². The standard InChI is InChI=1S/C31H37N3O7S/c1-31(2,3)41-24-13-11-21(12-14-24)19-26(30(37)38)33-29(36)23-15-17-34(18-16-23)28(35)20-32-42(39,40)27-10-6-8-22-7-4-5-9-25(22)27/h4-14,23,26,32H,15-20H2,1-3H3,(H,33,36)(H,37,38)/t26-/m0/s1. The molecule has 0 saturated carbocycles. The number of ether oxygens (including phenoxy) is 1. The Kier molecular flexibility index (Phi) is 9.53. The number of rotatable bonds is 10. The summed E-state index contributed by atoms with van der Waals surface area (Å²) in [6.45, 7) is 5.94. The number of nitrogens with zero attached hydrogens (tertiary/aromatic N) is 1. The van der Waals surface area contributed by atoms with Crippen molar-refractivity contribution in [2.45, 2.75) is 56.6 Å². The molecule has 1 saturated heterocycles. The molecule has 3 aromatic carbocycles. The van der Waals surface area contributed by atoms with Crippen molar-refractivity contribution in [3.8, 4) is 5.75 Å². The Hall–Kier alpha value is -3.96. The van der Waals surface area contributed by atoms with Gasteiger partial charge >= 0.3 is 5.97 Å². The van der Waals surface area contributed by atoms with E-state index in [9.17, 15) is 27.9 Å². The quantitative estimate of drug-likeness (QED) is 0.326. The van der Waals surface area contributed by atoms with Gasteiger partial charge in [-0.1, -0.05) is 48.5 Å². The van der Waals surface area contributed by atoms with Crippen LogP contribution in [0.2, 0.25) is 0 Å². The summed E-state index contributed by atoms with van der Waals surface area (Å²) in [7, 11) is -3.93. The van der Waals surface area contributed by atoms with Crippen molar-refractivity contribution < 1.29 is 32.6 Å². The van der Waals surface area contributed by atoms with Crippen molar-refractivity contribution in [2.24, 2.45) is 5.92 Å². The highest BCUT2D eigenvalue weighted by molar-refractivity contribution is 7.89. The van der Waals surface area contributed by atoms with E-state index in [4.69, 9.17) is 4.74 Å². The molecule has 1 atom stereocenters. The van der Waals surface area contributed by atoms with E-state index in [1.807, 2.05) is 39.0 Å². The third-order valence-corrected chi connectivity index (χ3v) is 8.53. The van der Waals surface area contributed by atoms with Gasteiger partial charge in [-0.15, -0.1) is 0 Å². The molecular formula is C31H37N3O7S. The second-order valence-electron chi connectivity index (χ2n) is 11.4. The van der Waals surface area contributed by atoms with Crippen molar-refractivity contribution in [3.63, 3.8) is 0 Å². The number of fused-ring (bicyclic) bond motifs is 1. The van der Waals surface area contributed by atoms with E-state index in [0.717, 1.165) is 10.9 Å². The predicted molar refractivity (Wildman–Crippen MR) is 159 cm³/mol. The van der Waals surface area contributed by atoms with Gasteiger partial charge < -0.3 is 20.1 Å². The largest absolute Gasteiger partial charge is 0.488 e. The summed E-state index contributed by atoms with van der Waals surface area (Å²) < 4.78 is 34.1. The Balaban J connectivity index is 1.27. The van der Waals surface area contributed by atoms with Crippen molar-refractivity contribution >= 4 is 38.6 Å². The van der Waals surface area contributed by atoms with Gasteiger partial charge in [-0.2, -0.15) is 0 Å². The fourth-order valence-corrected chi connectivity index (χ4v) is 6.14. The molecule has 1 fully saturated rings. The van der Waals surface area contributed by atoms with Gasteiger partial charge in [0.2, 0.25) is 21.8 Å². The average molecular weight is 596 g/mol. The number of carboxylic acid groups (broad SMARTS) is 1. The van der Waals surface area contributed by atoms with Gasteiger partial charge in [-0.05, 0) is 62.8 Å². The molecule has 10 nitrogen and oxygen atoms in total. The number of likely N-dealkylation sites (tertiary alicyclic amines) is 1. The van der Waals surface area contributed by atoms with Gasteiger partial charge in [0.05, 0.1) is 11.4 Å². The molecule has 2 amide bonds. The number of sulfonamides is 1. The highest BCUT2D eigenvalue weighted by Crippen LogP contribution is 2.23. The van der Waals surface area contributed by atoms with E-state index in [1.165, 1.54) is 11.0 Å². The number of aliphatic carboxylic acids is 1. The maximum absolute atomic E-state index is 12.9. The molecule has 1 aliphatic rings. The zero-order valence-electron chi connectivity index (χ0n) is 24.0. The molecule has 0 radical (unpaired) electrons. The predicted octanol–water partition coefficient (Wildman–Crippen LogP) is 3.35. The topological polar surface area (TPSA) is 142 Å². The number of hydrogen-bond acceptors (Lipinski definition) is 6. The Morgan fingerprint density at radius 3 is 2.26 bits per heavy atom. The third-order valence-electron chi connectivity index (χ3n) is 7.07. The monoisotopic (exact) mass is 595 g/mol. The molecule has 1 aliphatic heterocycles. The summed E-state index contributed by atoms with van der Waals surface area (Å²) in [5.41, 5.74) is 0.390. The first kappa shape index (κ1) is 31.0. The van der Waals surface area contributed by atoms with Crippen molar-refractivity contribution in [1.82, 2.24) is 14.9 Å². The molecule has 224 valence electrons. The summed E-state index contributed by atoms with van der Waals surface area (Å²) in [6, 6.07) is 18.1.